The first-order valence-electron chi connectivity index (χ1n) is 16.1. The van der Waals surface area contributed by atoms with Crippen molar-refractivity contribution in [3.63, 3.8) is 0 Å². The maximum absolute atomic E-state index is 10.9. The van der Waals surface area contributed by atoms with Crippen molar-refractivity contribution in [2.45, 2.75) is 180 Å². The van der Waals surface area contributed by atoms with Gasteiger partial charge in [0.15, 0.2) is 0 Å². The van der Waals surface area contributed by atoms with Gasteiger partial charge in [0.1, 0.15) is 6.10 Å². The number of rotatable bonds is 30. The summed E-state index contributed by atoms with van der Waals surface area (Å²) in [5.41, 5.74) is 0. The fraction of sp³-hybridized carbons (Fsp3) is 0.969. The van der Waals surface area contributed by atoms with E-state index in [0.29, 0.717) is 6.61 Å². The second-order valence-corrected chi connectivity index (χ2v) is 11.0. The second-order valence-electron chi connectivity index (χ2n) is 11.0. The molecule has 0 aromatic rings. The predicted molar refractivity (Wildman–Crippen MR) is 155 cm³/mol. The van der Waals surface area contributed by atoms with E-state index in [1.54, 1.807) is 0 Å². The van der Waals surface area contributed by atoms with Crippen LogP contribution in [0.15, 0.2) is 0 Å². The molecule has 0 saturated carbocycles. The van der Waals surface area contributed by atoms with E-state index in [1.165, 1.54) is 161 Å². The van der Waals surface area contributed by atoms with E-state index in [4.69, 9.17) is 14.6 Å². The fourth-order valence-electron chi connectivity index (χ4n) is 4.92. The number of esters is 1. The van der Waals surface area contributed by atoms with Gasteiger partial charge in [0.2, 0.25) is 0 Å². The van der Waals surface area contributed by atoms with Crippen LogP contribution in [-0.4, -0.2) is 37.0 Å². The molecule has 0 aromatic carbocycles. The van der Waals surface area contributed by atoms with Crippen LogP contribution < -0.4 is 0 Å². The molecule has 1 N–H and O–H groups in total. The average molecular weight is 513 g/mol. The molecule has 216 valence electrons. The average Bonchev–Trinajstić information content (AvgIpc) is 2.87. The Morgan fingerprint density at radius 2 is 0.861 bits per heavy atom. The first-order valence-corrected chi connectivity index (χ1v) is 16.1. The fourth-order valence-corrected chi connectivity index (χ4v) is 4.92. The van der Waals surface area contributed by atoms with Crippen molar-refractivity contribution in [1.82, 2.24) is 0 Å². The number of hydrogen-bond donors (Lipinski definition) is 1. The molecule has 1 unspecified atom stereocenters. The molecule has 0 rings (SSSR count). The van der Waals surface area contributed by atoms with E-state index < -0.39 is 6.10 Å². The van der Waals surface area contributed by atoms with Crippen molar-refractivity contribution in [3.8, 4) is 0 Å². The van der Waals surface area contributed by atoms with E-state index in [0.717, 1.165) is 6.42 Å². The lowest BCUT2D eigenvalue weighted by atomic mass is 10.0. The summed E-state index contributed by atoms with van der Waals surface area (Å²) in [6, 6.07) is 0. The SMILES string of the molecule is CCCCCCCCCCCCCCCCCCCCCCCCCCCOCC(CO)OC(C)=O. The summed E-state index contributed by atoms with van der Waals surface area (Å²) in [7, 11) is 0. The predicted octanol–water partition coefficient (Wildman–Crippen LogP) is 9.70. The Morgan fingerprint density at radius 1 is 0.556 bits per heavy atom. The van der Waals surface area contributed by atoms with Crippen molar-refractivity contribution in [2.75, 3.05) is 19.8 Å². The van der Waals surface area contributed by atoms with Crippen molar-refractivity contribution in [3.05, 3.63) is 0 Å². The van der Waals surface area contributed by atoms with E-state index >= 15 is 0 Å². The molecule has 0 heterocycles. The quantitative estimate of drug-likeness (QED) is 0.0768. The molecule has 0 spiro atoms. The highest BCUT2D eigenvalue weighted by Crippen LogP contribution is 2.15. The third kappa shape index (κ3) is 29.6. The molecular weight excluding hydrogens is 448 g/mol. The van der Waals surface area contributed by atoms with E-state index in [2.05, 4.69) is 6.92 Å². The van der Waals surface area contributed by atoms with E-state index in [1.807, 2.05) is 0 Å². The van der Waals surface area contributed by atoms with E-state index in [9.17, 15) is 4.79 Å². The minimum atomic E-state index is -0.526. The summed E-state index contributed by atoms with van der Waals surface area (Å²) in [6.07, 6.45) is 34.5. The molecule has 0 saturated heterocycles. The highest BCUT2D eigenvalue weighted by atomic mass is 16.6. The smallest absolute Gasteiger partial charge is 0.303 e. The van der Waals surface area contributed by atoms with Gasteiger partial charge in [-0.25, -0.2) is 0 Å². The number of ether oxygens (including phenoxy) is 2. The normalized spacial score (nSPS) is 12.2. The van der Waals surface area contributed by atoms with Gasteiger partial charge in [-0.3, -0.25) is 4.79 Å². The lowest BCUT2D eigenvalue weighted by Crippen LogP contribution is -2.26. The number of unbranched alkanes of at least 4 members (excludes halogenated alkanes) is 24. The third-order valence-corrected chi connectivity index (χ3v) is 7.23. The zero-order valence-electron chi connectivity index (χ0n) is 24.5. The van der Waals surface area contributed by atoms with Gasteiger partial charge in [-0.15, -0.1) is 0 Å². The Hall–Kier alpha value is -0.610. The summed E-state index contributed by atoms with van der Waals surface area (Å²) >= 11 is 0. The van der Waals surface area contributed by atoms with Crippen LogP contribution in [0.2, 0.25) is 0 Å². The molecule has 0 aliphatic rings. The first kappa shape index (κ1) is 35.4. The minimum absolute atomic E-state index is 0.181. The molecule has 4 nitrogen and oxygen atoms in total. The Morgan fingerprint density at radius 3 is 1.14 bits per heavy atom. The number of hydrogen-bond acceptors (Lipinski definition) is 4. The number of carbonyl (C=O) groups is 1. The first-order chi connectivity index (χ1) is 17.7. The Labute approximate surface area is 225 Å². The maximum Gasteiger partial charge on any atom is 0.303 e. The highest BCUT2D eigenvalue weighted by Gasteiger charge is 2.10. The van der Waals surface area contributed by atoms with E-state index in [-0.39, 0.29) is 19.2 Å². The molecule has 0 aliphatic carbocycles. The Bertz CT molecular complexity index is 426. The standard InChI is InChI=1S/C32H64O4/c1-3-4-5-6-7-8-9-10-11-12-13-14-15-16-17-18-19-20-21-22-23-24-25-26-27-28-35-30-32(29-33)36-31(2)34/h32-33H,3-30H2,1-2H3. The monoisotopic (exact) mass is 512 g/mol. The Balaban J connectivity index is 3.10. The van der Waals surface area contributed by atoms with Gasteiger partial charge >= 0.3 is 5.97 Å². The van der Waals surface area contributed by atoms with Crippen molar-refractivity contribution in [1.29, 1.82) is 0 Å². The molecule has 0 aromatic heterocycles. The Kier molecular flexibility index (Phi) is 30.1. The number of aliphatic hydroxyl groups excluding tert-OH is 1. The van der Waals surface area contributed by atoms with Gasteiger partial charge in [-0.2, -0.15) is 0 Å². The lowest BCUT2D eigenvalue weighted by molar-refractivity contribution is -0.152. The van der Waals surface area contributed by atoms with Crippen LogP contribution >= 0.6 is 0 Å². The van der Waals surface area contributed by atoms with Gasteiger partial charge in [0, 0.05) is 13.5 Å². The molecule has 0 fully saturated rings. The number of carbonyl (C=O) groups excluding carboxylic acids is 1. The molecule has 36 heavy (non-hydrogen) atoms. The summed E-state index contributed by atoms with van der Waals surface area (Å²) in [5.74, 6) is -0.373. The summed E-state index contributed by atoms with van der Waals surface area (Å²) in [4.78, 5) is 10.9. The van der Waals surface area contributed by atoms with Crippen LogP contribution in [0.3, 0.4) is 0 Å². The van der Waals surface area contributed by atoms with Crippen molar-refractivity contribution < 1.29 is 19.4 Å². The molecule has 0 amide bonds. The lowest BCUT2D eigenvalue weighted by Gasteiger charge is -2.14. The molecule has 0 aliphatic heterocycles. The topological polar surface area (TPSA) is 55.8 Å². The second kappa shape index (κ2) is 30.6. The molecule has 0 bridgehead atoms. The van der Waals surface area contributed by atoms with Crippen LogP contribution in [0.1, 0.15) is 174 Å². The summed E-state index contributed by atoms with van der Waals surface area (Å²) < 4.78 is 10.4. The largest absolute Gasteiger partial charge is 0.458 e. The third-order valence-electron chi connectivity index (χ3n) is 7.23. The zero-order valence-corrected chi connectivity index (χ0v) is 24.5. The molecular formula is C32H64O4. The van der Waals surface area contributed by atoms with Crippen LogP contribution in [0.25, 0.3) is 0 Å². The molecule has 4 heteroatoms. The highest BCUT2D eigenvalue weighted by molar-refractivity contribution is 5.66. The van der Waals surface area contributed by atoms with Gasteiger partial charge < -0.3 is 14.6 Å². The maximum atomic E-state index is 10.9. The molecule has 1 atom stereocenters. The minimum Gasteiger partial charge on any atom is -0.458 e. The van der Waals surface area contributed by atoms with Gasteiger partial charge in [0.05, 0.1) is 13.2 Å². The zero-order chi connectivity index (χ0) is 26.4. The van der Waals surface area contributed by atoms with Crippen LogP contribution in [-0.2, 0) is 14.3 Å². The molecule has 0 radical (unpaired) electrons. The summed E-state index contributed by atoms with van der Waals surface area (Å²) in [6.45, 7) is 4.43. The van der Waals surface area contributed by atoms with Gasteiger partial charge in [0.25, 0.3) is 0 Å². The van der Waals surface area contributed by atoms with Crippen LogP contribution in [0.5, 0.6) is 0 Å². The van der Waals surface area contributed by atoms with Crippen molar-refractivity contribution >= 4 is 5.97 Å². The van der Waals surface area contributed by atoms with Crippen molar-refractivity contribution in [2.24, 2.45) is 0 Å². The van der Waals surface area contributed by atoms with Gasteiger partial charge in [-0.1, -0.05) is 161 Å². The van der Waals surface area contributed by atoms with Gasteiger partial charge in [-0.05, 0) is 6.42 Å². The number of aliphatic hydroxyl groups is 1. The van der Waals surface area contributed by atoms with Crippen LogP contribution in [0.4, 0.5) is 0 Å². The summed E-state index contributed by atoms with van der Waals surface area (Å²) in [5, 5.41) is 9.11. The van der Waals surface area contributed by atoms with Crippen LogP contribution in [0, 0.1) is 0 Å².